The molecular weight excluding hydrogens is 278 g/mol. The molecule has 1 aromatic rings. The summed E-state index contributed by atoms with van der Waals surface area (Å²) in [7, 11) is 0. The van der Waals surface area contributed by atoms with E-state index >= 15 is 0 Å². The van der Waals surface area contributed by atoms with Gasteiger partial charge >= 0.3 is 6.18 Å². The van der Waals surface area contributed by atoms with Gasteiger partial charge in [0.2, 0.25) is 5.91 Å². The second-order valence-electron chi connectivity index (χ2n) is 4.90. The van der Waals surface area contributed by atoms with Crippen LogP contribution in [0.4, 0.5) is 17.6 Å². The first-order valence-electron chi connectivity index (χ1n) is 6.03. The molecule has 1 fully saturated rings. The normalized spacial score (nSPS) is 17.8. The molecule has 1 aromatic carbocycles. The highest BCUT2D eigenvalue weighted by Gasteiger charge is 2.45. The molecular formula is C13H13F4NO2. The van der Waals surface area contributed by atoms with Gasteiger partial charge in [0.1, 0.15) is 11.4 Å². The molecule has 2 rings (SSSR count). The Labute approximate surface area is 112 Å². The lowest BCUT2D eigenvalue weighted by atomic mass is 9.86. The van der Waals surface area contributed by atoms with Gasteiger partial charge in [0, 0.05) is 6.42 Å². The summed E-state index contributed by atoms with van der Waals surface area (Å²) in [5.74, 6) is -1.09. The summed E-state index contributed by atoms with van der Waals surface area (Å²) in [6.07, 6.45) is -6.16. The number of amides is 1. The van der Waals surface area contributed by atoms with Crippen molar-refractivity contribution >= 4 is 5.91 Å². The third kappa shape index (κ3) is 3.27. The van der Waals surface area contributed by atoms with Crippen LogP contribution in [0.5, 0.6) is 0 Å². The van der Waals surface area contributed by atoms with Gasteiger partial charge in [-0.1, -0.05) is 12.1 Å². The highest BCUT2D eigenvalue weighted by atomic mass is 19.4. The fraction of sp³-hybridized carbons (Fsp3) is 0.462. The predicted octanol–water partition coefficient (Wildman–Crippen LogP) is 2.20. The van der Waals surface area contributed by atoms with Crippen LogP contribution in [0.3, 0.4) is 0 Å². The maximum Gasteiger partial charge on any atom is 0.389 e. The van der Waals surface area contributed by atoms with Crippen LogP contribution in [-0.2, 0) is 10.4 Å². The Morgan fingerprint density at radius 3 is 2.30 bits per heavy atom. The third-order valence-electron chi connectivity index (χ3n) is 3.26. The number of nitrogens with zero attached hydrogens (tertiary/aromatic N) is 1. The monoisotopic (exact) mass is 291 g/mol. The van der Waals surface area contributed by atoms with E-state index in [1.165, 1.54) is 24.3 Å². The third-order valence-corrected chi connectivity index (χ3v) is 3.26. The number of rotatable bonds is 3. The van der Waals surface area contributed by atoms with Crippen molar-refractivity contribution in [3.8, 4) is 0 Å². The number of halogens is 4. The highest BCUT2D eigenvalue weighted by molar-refractivity contribution is 5.77. The minimum absolute atomic E-state index is 0.0741. The Balaban J connectivity index is 1.90. The smallest absolute Gasteiger partial charge is 0.381 e. The Morgan fingerprint density at radius 2 is 1.80 bits per heavy atom. The largest absolute Gasteiger partial charge is 0.389 e. The number of carbonyl (C=O) groups is 1. The SMILES string of the molecule is O=C(CCC(F)(F)F)N1CC(O)(c2ccc(F)cc2)C1. The summed E-state index contributed by atoms with van der Waals surface area (Å²) in [6, 6.07) is 5.16. The molecule has 1 aliphatic heterocycles. The van der Waals surface area contributed by atoms with E-state index in [-0.39, 0.29) is 13.1 Å². The molecule has 1 aliphatic rings. The number of alkyl halides is 3. The van der Waals surface area contributed by atoms with E-state index in [1.807, 2.05) is 0 Å². The Morgan fingerprint density at radius 1 is 1.25 bits per heavy atom. The average molecular weight is 291 g/mol. The van der Waals surface area contributed by atoms with Crippen molar-refractivity contribution in [3.05, 3.63) is 35.6 Å². The van der Waals surface area contributed by atoms with Crippen LogP contribution in [0.25, 0.3) is 0 Å². The number of likely N-dealkylation sites (tertiary alicyclic amines) is 1. The summed E-state index contributed by atoms with van der Waals surface area (Å²) < 4.78 is 48.8. The van der Waals surface area contributed by atoms with Gasteiger partial charge in [-0.2, -0.15) is 13.2 Å². The van der Waals surface area contributed by atoms with Crippen LogP contribution in [0.15, 0.2) is 24.3 Å². The second kappa shape index (κ2) is 5.05. The van der Waals surface area contributed by atoms with E-state index in [9.17, 15) is 27.5 Å². The molecule has 0 bridgehead atoms. The fourth-order valence-electron chi connectivity index (χ4n) is 2.11. The van der Waals surface area contributed by atoms with E-state index in [0.717, 1.165) is 4.90 Å². The summed E-state index contributed by atoms with van der Waals surface area (Å²) in [4.78, 5) is 12.7. The molecule has 0 aliphatic carbocycles. The van der Waals surface area contributed by atoms with Crippen LogP contribution < -0.4 is 0 Å². The highest BCUT2D eigenvalue weighted by Crippen LogP contribution is 2.33. The predicted molar refractivity (Wildman–Crippen MR) is 62.2 cm³/mol. The number of carbonyl (C=O) groups excluding carboxylic acids is 1. The zero-order valence-corrected chi connectivity index (χ0v) is 10.5. The van der Waals surface area contributed by atoms with Gasteiger partial charge < -0.3 is 10.0 Å². The van der Waals surface area contributed by atoms with E-state index in [1.54, 1.807) is 0 Å². The van der Waals surface area contributed by atoms with Crippen molar-refractivity contribution in [1.29, 1.82) is 0 Å². The Kier molecular flexibility index (Phi) is 3.73. The molecule has 20 heavy (non-hydrogen) atoms. The van der Waals surface area contributed by atoms with E-state index < -0.39 is 36.3 Å². The van der Waals surface area contributed by atoms with Crippen molar-refractivity contribution in [2.75, 3.05) is 13.1 Å². The van der Waals surface area contributed by atoms with Crippen molar-refractivity contribution in [2.45, 2.75) is 24.6 Å². The number of aliphatic hydroxyl groups is 1. The first-order chi connectivity index (χ1) is 9.20. The van der Waals surface area contributed by atoms with Crippen molar-refractivity contribution in [2.24, 2.45) is 0 Å². The first-order valence-corrected chi connectivity index (χ1v) is 6.03. The topological polar surface area (TPSA) is 40.5 Å². The molecule has 1 heterocycles. The van der Waals surface area contributed by atoms with E-state index in [4.69, 9.17) is 0 Å². The second-order valence-corrected chi connectivity index (χ2v) is 4.90. The van der Waals surface area contributed by atoms with Gasteiger partial charge in [0.15, 0.2) is 0 Å². The quantitative estimate of drug-likeness (QED) is 0.867. The molecule has 0 aromatic heterocycles. The van der Waals surface area contributed by atoms with Gasteiger partial charge in [0.05, 0.1) is 19.5 Å². The first kappa shape index (κ1) is 14.8. The molecule has 110 valence electrons. The summed E-state index contributed by atoms with van der Waals surface area (Å²) in [5, 5.41) is 10.2. The zero-order chi connectivity index (χ0) is 15.0. The molecule has 0 saturated carbocycles. The molecule has 0 unspecified atom stereocenters. The van der Waals surface area contributed by atoms with Gasteiger partial charge in [-0.25, -0.2) is 4.39 Å². The Hall–Kier alpha value is -1.63. The van der Waals surface area contributed by atoms with E-state index in [0.29, 0.717) is 5.56 Å². The van der Waals surface area contributed by atoms with Gasteiger partial charge in [-0.3, -0.25) is 4.79 Å². The summed E-state index contributed by atoms with van der Waals surface area (Å²) >= 11 is 0. The lowest BCUT2D eigenvalue weighted by molar-refractivity contribution is -0.165. The fourth-order valence-corrected chi connectivity index (χ4v) is 2.11. The average Bonchev–Trinajstić information content (AvgIpc) is 2.32. The zero-order valence-electron chi connectivity index (χ0n) is 10.5. The van der Waals surface area contributed by atoms with Crippen LogP contribution in [0.1, 0.15) is 18.4 Å². The van der Waals surface area contributed by atoms with Crippen molar-refractivity contribution in [3.63, 3.8) is 0 Å². The summed E-state index contributed by atoms with van der Waals surface area (Å²) in [5.41, 5.74) is -0.861. The molecule has 1 amide bonds. The molecule has 3 nitrogen and oxygen atoms in total. The number of benzene rings is 1. The molecule has 0 radical (unpaired) electrons. The molecule has 1 saturated heterocycles. The van der Waals surface area contributed by atoms with Crippen molar-refractivity contribution in [1.82, 2.24) is 4.90 Å². The van der Waals surface area contributed by atoms with Crippen LogP contribution in [-0.4, -0.2) is 35.2 Å². The minimum atomic E-state index is -4.37. The lowest BCUT2D eigenvalue weighted by Gasteiger charge is -2.46. The molecule has 7 heteroatoms. The number of hydrogen-bond acceptors (Lipinski definition) is 2. The lowest BCUT2D eigenvalue weighted by Crippen LogP contribution is -2.61. The van der Waals surface area contributed by atoms with Gasteiger partial charge in [-0.05, 0) is 17.7 Å². The molecule has 1 N–H and O–H groups in total. The summed E-state index contributed by atoms with van der Waals surface area (Å²) in [6.45, 7) is -0.148. The standard InChI is InChI=1S/C13H13F4NO2/c14-10-3-1-9(2-4-10)12(20)7-18(8-12)11(19)5-6-13(15,16)17/h1-4,20H,5-8H2. The Bertz CT molecular complexity index is 492. The maximum absolute atomic E-state index is 12.8. The molecule has 0 spiro atoms. The van der Waals surface area contributed by atoms with Crippen LogP contribution >= 0.6 is 0 Å². The van der Waals surface area contributed by atoms with Gasteiger partial charge in [-0.15, -0.1) is 0 Å². The van der Waals surface area contributed by atoms with E-state index in [2.05, 4.69) is 0 Å². The molecule has 0 atom stereocenters. The maximum atomic E-state index is 12.8. The number of hydrogen-bond donors (Lipinski definition) is 1. The van der Waals surface area contributed by atoms with Crippen LogP contribution in [0.2, 0.25) is 0 Å². The minimum Gasteiger partial charge on any atom is -0.381 e. The number of β-amino-alcohol motifs (C(OH)–C–C–N with tert-alkyl or cyclic N) is 1. The van der Waals surface area contributed by atoms with Crippen molar-refractivity contribution < 1.29 is 27.5 Å². The van der Waals surface area contributed by atoms with Crippen LogP contribution in [0, 0.1) is 5.82 Å². The van der Waals surface area contributed by atoms with Gasteiger partial charge in [0.25, 0.3) is 0 Å².